The molecule has 0 bridgehead atoms. The Kier molecular flexibility index (Phi) is 8.73. The van der Waals surface area contributed by atoms with Crippen LogP contribution in [-0.4, -0.2) is 23.3 Å². The van der Waals surface area contributed by atoms with E-state index in [0.717, 1.165) is 16.2 Å². The van der Waals surface area contributed by atoms with Crippen molar-refractivity contribution in [2.24, 2.45) is 0 Å². The Morgan fingerprint density at radius 1 is 0.868 bits per heavy atom. The Morgan fingerprint density at radius 3 is 2.24 bits per heavy atom. The largest absolute Gasteiger partial charge is 0.494 e. The lowest BCUT2D eigenvalue weighted by atomic mass is 10.1. The van der Waals surface area contributed by atoms with Crippen molar-refractivity contribution in [1.82, 2.24) is 0 Å². The summed E-state index contributed by atoms with van der Waals surface area (Å²) in [7, 11) is 0. The van der Waals surface area contributed by atoms with E-state index in [1.165, 1.54) is 36.0 Å². The molecule has 2 N–H and O–H groups in total. The molecule has 0 aromatic heterocycles. The zero-order valence-electron chi connectivity index (χ0n) is 20.5. The van der Waals surface area contributed by atoms with Crippen molar-refractivity contribution in [2.75, 3.05) is 17.2 Å². The van der Waals surface area contributed by atoms with Crippen molar-refractivity contribution < 1.29 is 19.2 Å². The van der Waals surface area contributed by atoms with Gasteiger partial charge in [0.25, 0.3) is 11.6 Å². The van der Waals surface area contributed by atoms with E-state index in [9.17, 15) is 19.7 Å². The molecule has 4 rings (SSSR count). The lowest BCUT2D eigenvalue weighted by Crippen LogP contribution is -2.19. The van der Waals surface area contributed by atoms with Gasteiger partial charge in [0, 0.05) is 34.0 Å². The number of ether oxygens (including phenoxy) is 1. The highest BCUT2D eigenvalue weighted by molar-refractivity contribution is 8.00. The first-order chi connectivity index (χ1) is 18.4. The molecule has 38 heavy (non-hydrogen) atoms. The third kappa shape index (κ3) is 6.98. The summed E-state index contributed by atoms with van der Waals surface area (Å²) in [6.07, 6.45) is 0. The minimum Gasteiger partial charge on any atom is -0.494 e. The summed E-state index contributed by atoms with van der Waals surface area (Å²) in [5.74, 6) is 0.146. The molecule has 0 saturated heterocycles. The summed E-state index contributed by atoms with van der Waals surface area (Å²) >= 11 is 1.36. The number of non-ortho nitro benzene ring substituents is 1. The van der Waals surface area contributed by atoms with Crippen LogP contribution in [0.1, 0.15) is 28.1 Å². The van der Waals surface area contributed by atoms with Crippen LogP contribution in [0.15, 0.2) is 108 Å². The van der Waals surface area contributed by atoms with Crippen molar-refractivity contribution in [3.63, 3.8) is 0 Å². The highest BCUT2D eigenvalue weighted by atomic mass is 32.2. The predicted molar refractivity (Wildman–Crippen MR) is 149 cm³/mol. The van der Waals surface area contributed by atoms with E-state index in [2.05, 4.69) is 10.6 Å². The fourth-order valence-electron chi connectivity index (χ4n) is 3.63. The van der Waals surface area contributed by atoms with Gasteiger partial charge < -0.3 is 15.4 Å². The Hall–Kier alpha value is -4.63. The van der Waals surface area contributed by atoms with Gasteiger partial charge in [-0.05, 0) is 67.1 Å². The number of hydrogen-bond donors (Lipinski definition) is 2. The molecule has 8 nitrogen and oxygen atoms in total. The van der Waals surface area contributed by atoms with Crippen LogP contribution in [-0.2, 0) is 4.79 Å². The van der Waals surface area contributed by atoms with Gasteiger partial charge >= 0.3 is 0 Å². The molecule has 0 aliphatic carbocycles. The van der Waals surface area contributed by atoms with E-state index >= 15 is 0 Å². The van der Waals surface area contributed by atoms with Crippen LogP contribution in [0.25, 0.3) is 0 Å². The van der Waals surface area contributed by atoms with Gasteiger partial charge in [0.2, 0.25) is 5.91 Å². The standard InChI is InChI=1S/C29H25N3O5S/c1-2-37-25-17-13-22(14-18-25)30-29(34)27(20-7-4-3-5-8-20)38-26-10-6-9-23(19-26)31-28(33)21-11-15-24(16-12-21)32(35)36/h3-19,27H,2H2,1H3,(H,30,34)(H,31,33). The maximum Gasteiger partial charge on any atom is 0.269 e. The van der Waals surface area contributed by atoms with Gasteiger partial charge in [0.1, 0.15) is 11.0 Å². The van der Waals surface area contributed by atoms with E-state index in [1.807, 2.05) is 43.3 Å². The smallest absolute Gasteiger partial charge is 0.269 e. The summed E-state index contributed by atoms with van der Waals surface area (Å²) in [5, 5.41) is 16.1. The molecule has 0 saturated carbocycles. The molecule has 2 amide bonds. The third-order valence-corrected chi connectivity index (χ3v) is 6.71. The monoisotopic (exact) mass is 527 g/mol. The molecule has 1 atom stereocenters. The van der Waals surface area contributed by atoms with Gasteiger partial charge in [-0.2, -0.15) is 0 Å². The van der Waals surface area contributed by atoms with Crippen molar-refractivity contribution in [3.8, 4) is 5.75 Å². The van der Waals surface area contributed by atoms with Crippen molar-refractivity contribution in [1.29, 1.82) is 0 Å². The van der Waals surface area contributed by atoms with Crippen molar-refractivity contribution >= 4 is 40.6 Å². The topological polar surface area (TPSA) is 111 Å². The first-order valence-corrected chi connectivity index (χ1v) is 12.7. The molecule has 0 radical (unpaired) electrons. The van der Waals surface area contributed by atoms with Crippen LogP contribution < -0.4 is 15.4 Å². The van der Waals surface area contributed by atoms with Gasteiger partial charge in [-0.25, -0.2) is 0 Å². The predicted octanol–water partition coefficient (Wildman–Crippen LogP) is 6.72. The van der Waals surface area contributed by atoms with Gasteiger partial charge in [-0.15, -0.1) is 11.8 Å². The zero-order valence-corrected chi connectivity index (χ0v) is 21.3. The van der Waals surface area contributed by atoms with E-state index in [4.69, 9.17) is 4.74 Å². The Labute approximate surface area is 224 Å². The molecular weight excluding hydrogens is 502 g/mol. The Morgan fingerprint density at radius 2 is 1.58 bits per heavy atom. The fourth-order valence-corrected chi connectivity index (χ4v) is 4.71. The number of hydrogen-bond acceptors (Lipinski definition) is 6. The normalized spacial score (nSPS) is 11.3. The van der Waals surface area contributed by atoms with E-state index in [1.54, 1.807) is 42.5 Å². The van der Waals surface area contributed by atoms with E-state index in [-0.39, 0.29) is 11.6 Å². The lowest BCUT2D eigenvalue weighted by Gasteiger charge is -2.18. The first-order valence-electron chi connectivity index (χ1n) is 11.8. The highest BCUT2D eigenvalue weighted by Crippen LogP contribution is 2.37. The molecule has 4 aromatic carbocycles. The number of benzene rings is 4. The summed E-state index contributed by atoms with van der Waals surface area (Å²) < 4.78 is 5.47. The number of anilines is 2. The van der Waals surface area contributed by atoms with Gasteiger partial charge in [0.15, 0.2) is 0 Å². The molecule has 4 aromatic rings. The summed E-state index contributed by atoms with van der Waals surface area (Å²) in [4.78, 5) is 37.2. The molecule has 9 heteroatoms. The number of nitrogens with one attached hydrogen (secondary N) is 2. The molecule has 0 spiro atoms. The van der Waals surface area contributed by atoms with Crippen molar-refractivity contribution in [2.45, 2.75) is 17.1 Å². The molecule has 0 aliphatic rings. The minimum absolute atomic E-state index is 0.0876. The average Bonchev–Trinajstić information content (AvgIpc) is 2.93. The molecule has 1 unspecified atom stereocenters. The van der Waals surface area contributed by atoms with Gasteiger partial charge in [-0.1, -0.05) is 36.4 Å². The molecule has 192 valence electrons. The number of carbonyl (C=O) groups excluding carboxylic acids is 2. The Balaban J connectivity index is 1.50. The van der Waals surface area contributed by atoms with Crippen LogP contribution in [0.3, 0.4) is 0 Å². The maximum absolute atomic E-state index is 13.4. The van der Waals surface area contributed by atoms with Crippen LogP contribution in [0.4, 0.5) is 17.1 Å². The second-order valence-electron chi connectivity index (χ2n) is 8.14. The molecular formula is C29H25N3O5S. The number of nitro groups is 1. The number of rotatable bonds is 10. The second kappa shape index (κ2) is 12.6. The molecule has 0 heterocycles. The summed E-state index contributed by atoms with van der Waals surface area (Å²) in [6, 6.07) is 29.2. The number of nitrogens with zero attached hydrogens (tertiary/aromatic N) is 1. The van der Waals surface area contributed by atoms with Gasteiger partial charge in [0.05, 0.1) is 11.5 Å². The number of carbonyl (C=O) groups is 2. The minimum atomic E-state index is -0.552. The SMILES string of the molecule is CCOc1ccc(NC(=O)C(Sc2cccc(NC(=O)c3ccc([N+](=O)[O-])cc3)c2)c2ccccc2)cc1. The van der Waals surface area contributed by atoms with E-state index in [0.29, 0.717) is 23.5 Å². The average molecular weight is 528 g/mol. The number of amides is 2. The van der Waals surface area contributed by atoms with Gasteiger partial charge in [-0.3, -0.25) is 19.7 Å². The highest BCUT2D eigenvalue weighted by Gasteiger charge is 2.22. The third-order valence-electron chi connectivity index (χ3n) is 5.46. The molecule has 0 fully saturated rings. The zero-order chi connectivity index (χ0) is 26.9. The quantitative estimate of drug-likeness (QED) is 0.135. The first kappa shape index (κ1) is 26.4. The molecule has 0 aliphatic heterocycles. The second-order valence-corrected chi connectivity index (χ2v) is 9.32. The van der Waals surface area contributed by atoms with Crippen molar-refractivity contribution in [3.05, 3.63) is 124 Å². The van der Waals surface area contributed by atoms with Crippen LogP contribution >= 0.6 is 11.8 Å². The lowest BCUT2D eigenvalue weighted by molar-refractivity contribution is -0.384. The Bertz CT molecular complexity index is 1410. The van der Waals surface area contributed by atoms with Crippen LogP contribution in [0, 0.1) is 10.1 Å². The number of nitro benzene ring substituents is 1. The number of thioether (sulfide) groups is 1. The van der Waals surface area contributed by atoms with Crippen LogP contribution in [0.5, 0.6) is 5.75 Å². The maximum atomic E-state index is 13.4. The summed E-state index contributed by atoms with van der Waals surface area (Å²) in [6.45, 7) is 2.47. The van der Waals surface area contributed by atoms with Crippen LogP contribution in [0.2, 0.25) is 0 Å². The summed E-state index contributed by atoms with van der Waals surface area (Å²) in [5.41, 5.74) is 2.24. The fraction of sp³-hybridized carbons (Fsp3) is 0.103. The van der Waals surface area contributed by atoms with E-state index < -0.39 is 16.1 Å².